The molecule has 136 valence electrons. The van der Waals surface area contributed by atoms with Crippen molar-refractivity contribution in [2.75, 3.05) is 4.90 Å². The van der Waals surface area contributed by atoms with Gasteiger partial charge in [-0.1, -0.05) is 49.6 Å². The van der Waals surface area contributed by atoms with Crippen LogP contribution in [0.25, 0.3) is 11.0 Å². The molecule has 0 saturated heterocycles. The first kappa shape index (κ1) is 17.1. The van der Waals surface area contributed by atoms with Gasteiger partial charge in [0.05, 0.1) is 17.3 Å². The molecule has 0 atom stereocenters. The van der Waals surface area contributed by atoms with Crippen molar-refractivity contribution in [1.82, 2.24) is 14.8 Å². The zero-order valence-corrected chi connectivity index (χ0v) is 15.9. The summed E-state index contributed by atoms with van der Waals surface area (Å²) in [5, 5.41) is 5.76. The predicted molar refractivity (Wildman–Crippen MR) is 107 cm³/mol. The standard InChI is InChI=1S/C22H28N4/c1-3-26-22-20(15-23-26)21(14-17(2)24-22)25(19-12-8-5-9-13-19)16-18-10-6-4-7-11-18/h4,6-7,10-11,14-15,19H,3,5,8-9,12-13,16H2,1-2H3. The van der Waals surface area contributed by atoms with E-state index in [9.17, 15) is 0 Å². The van der Waals surface area contributed by atoms with Crippen LogP contribution in [0.2, 0.25) is 0 Å². The summed E-state index contributed by atoms with van der Waals surface area (Å²) in [6, 6.07) is 13.7. The van der Waals surface area contributed by atoms with E-state index in [1.807, 2.05) is 10.9 Å². The second-order valence-corrected chi connectivity index (χ2v) is 7.39. The number of pyridine rings is 1. The normalized spacial score (nSPS) is 15.5. The van der Waals surface area contributed by atoms with Gasteiger partial charge in [-0.15, -0.1) is 0 Å². The summed E-state index contributed by atoms with van der Waals surface area (Å²) in [4.78, 5) is 7.39. The molecule has 26 heavy (non-hydrogen) atoms. The van der Waals surface area contributed by atoms with Crippen molar-refractivity contribution in [2.24, 2.45) is 0 Å². The van der Waals surface area contributed by atoms with Crippen LogP contribution in [0.15, 0.2) is 42.6 Å². The van der Waals surface area contributed by atoms with Gasteiger partial charge in [-0.3, -0.25) is 0 Å². The Bertz CT molecular complexity index is 862. The molecule has 0 bridgehead atoms. The van der Waals surface area contributed by atoms with Gasteiger partial charge in [0.2, 0.25) is 0 Å². The van der Waals surface area contributed by atoms with Gasteiger partial charge in [0, 0.05) is 24.8 Å². The maximum Gasteiger partial charge on any atom is 0.160 e. The maximum atomic E-state index is 4.78. The van der Waals surface area contributed by atoms with Crippen LogP contribution in [-0.4, -0.2) is 20.8 Å². The van der Waals surface area contributed by atoms with Gasteiger partial charge in [0.25, 0.3) is 0 Å². The number of aryl methyl sites for hydroxylation is 2. The monoisotopic (exact) mass is 348 g/mol. The van der Waals surface area contributed by atoms with Crippen LogP contribution in [0, 0.1) is 6.92 Å². The molecule has 0 N–H and O–H groups in total. The minimum atomic E-state index is 0.596. The van der Waals surface area contributed by atoms with Crippen LogP contribution in [0.4, 0.5) is 5.69 Å². The highest BCUT2D eigenvalue weighted by molar-refractivity contribution is 5.90. The van der Waals surface area contributed by atoms with Crippen molar-refractivity contribution in [3.63, 3.8) is 0 Å². The van der Waals surface area contributed by atoms with Crippen LogP contribution in [0.1, 0.15) is 50.3 Å². The van der Waals surface area contributed by atoms with Crippen LogP contribution in [-0.2, 0) is 13.1 Å². The van der Waals surface area contributed by atoms with Crippen LogP contribution < -0.4 is 4.90 Å². The lowest BCUT2D eigenvalue weighted by molar-refractivity contribution is 0.413. The highest BCUT2D eigenvalue weighted by atomic mass is 15.3. The van der Waals surface area contributed by atoms with E-state index in [4.69, 9.17) is 4.98 Å². The summed E-state index contributed by atoms with van der Waals surface area (Å²) in [6.07, 6.45) is 8.58. The van der Waals surface area contributed by atoms with Gasteiger partial charge in [-0.25, -0.2) is 9.67 Å². The Balaban J connectivity index is 1.80. The largest absolute Gasteiger partial charge is 0.364 e. The Hall–Kier alpha value is -2.36. The van der Waals surface area contributed by atoms with E-state index in [-0.39, 0.29) is 0 Å². The van der Waals surface area contributed by atoms with Crippen LogP contribution >= 0.6 is 0 Å². The summed E-state index contributed by atoms with van der Waals surface area (Å²) in [5.74, 6) is 0. The average Bonchev–Trinajstić information content (AvgIpc) is 3.10. The molecule has 2 aromatic heterocycles. The summed E-state index contributed by atoms with van der Waals surface area (Å²) < 4.78 is 2.01. The molecule has 0 unspecified atom stereocenters. The summed E-state index contributed by atoms with van der Waals surface area (Å²) in [7, 11) is 0. The zero-order valence-electron chi connectivity index (χ0n) is 15.9. The lowest BCUT2D eigenvalue weighted by Gasteiger charge is -2.36. The SMILES string of the molecule is CCn1ncc2c(N(Cc3ccccc3)C3CCCCC3)cc(C)nc21. The van der Waals surface area contributed by atoms with Gasteiger partial charge in [-0.2, -0.15) is 5.10 Å². The predicted octanol–water partition coefficient (Wildman–Crippen LogP) is 5.10. The highest BCUT2D eigenvalue weighted by Gasteiger charge is 2.24. The highest BCUT2D eigenvalue weighted by Crippen LogP contribution is 2.34. The number of fused-ring (bicyclic) bond motifs is 1. The third-order valence-electron chi connectivity index (χ3n) is 5.54. The second-order valence-electron chi connectivity index (χ2n) is 7.39. The van der Waals surface area contributed by atoms with E-state index < -0.39 is 0 Å². The third-order valence-corrected chi connectivity index (χ3v) is 5.54. The third kappa shape index (κ3) is 3.33. The molecular weight excluding hydrogens is 320 g/mol. The first-order chi connectivity index (χ1) is 12.8. The molecule has 4 heteroatoms. The number of hydrogen-bond acceptors (Lipinski definition) is 3. The minimum Gasteiger partial charge on any atom is -0.364 e. The fourth-order valence-electron chi connectivity index (χ4n) is 4.21. The fraction of sp³-hybridized carbons (Fsp3) is 0.455. The van der Waals surface area contributed by atoms with E-state index in [0.29, 0.717) is 6.04 Å². The number of nitrogens with zero attached hydrogens (tertiary/aromatic N) is 4. The van der Waals surface area contributed by atoms with E-state index in [1.54, 1.807) is 0 Å². The molecule has 0 aliphatic heterocycles. The summed E-state index contributed by atoms with van der Waals surface area (Å²) in [5.41, 5.74) is 4.74. The first-order valence-electron chi connectivity index (χ1n) is 9.90. The van der Waals surface area contributed by atoms with Crippen LogP contribution in [0.3, 0.4) is 0 Å². The zero-order chi connectivity index (χ0) is 17.9. The molecule has 4 nitrogen and oxygen atoms in total. The molecule has 0 spiro atoms. The lowest BCUT2D eigenvalue weighted by Crippen LogP contribution is -2.36. The lowest BCUT2D eigenvalue weighted by atomic mass is 9.93. The fourth-order valence-corrected chi connectivity index (χ4v) is 4.21. The maximum absolute atomic E-state index is 4.78. The van der Waals surface area contributed by atoms with Crippen molar-refractivity contribution >= 4 is 16.7 Å². The van der Waals surface area contributed by atoms with E-state index in [1.165, 1.54) is 48.7 Å². The molecular formula is C22H28N4. The van der Waals surface area contributed by atoms with Gasteiger partial charge in [0.15, 0.2) is 5.65 Å². The average molecular weight is 348 g/mol. The molecule has 0 radical (unpaired) electrons. The number of hydrogen-bond donors (Lipinski definition) is 0. The number of benzene rings is 1. The topological polar surface area (TPSA) is 34.0 Å². The molecule has 1 aliphatic carbocycles. The summed E-state index contributed by atoms with van der Waals surface area (Å²) in [6.45, 7) is 6.01. The van der Waals surface area contributed by atoms with Crippen molar-refractivity contribution < 1.29 is 0 Å². The molecule has 1 saturated carbocycles. The van der Waals surface area contributed by atoms with E-state index in [2.05, 4.69) is 60.2 Å². The van der Waals surface area contributed by atoms with Crippen molar-refractivity contribution in [2.45, 2.75) is 65.1 Å². The number of anilines is 1. The molecule has 3 aromatic rings. The second kappa shape index (κ2) is 7.48. The smallest absolute Gasteiger partial charge is 0.160 e. The number of rotatable bonds is 5. The van der Waals surface area contributed by atoms with E-state index >= 15 is 0 Å². The van der Waals surface area contributed by atoms with Crippen molar-refractivity contribution in [3.05, 3.63) is 53.9 Å². The Morgan fingerprint density at radius 3 is 2.62 bits per heavy atom. The number of aromatic nitrogens is 3. The van der Waals surface area contributed by atoms with Gasteiger partial charge >= 0.3 is 0 Å². The molecule has 1 aliphatic rings. The van der Waals surface area contributed by atoms with E-state index in [0.717, 1.165) is 24.4 Å². The minimum absolute atomic E-state index is 0.596. The quantitative estimate of drug-likeness (QED) is 0.643. The molecule has 1 aromatic carbocycles. The molecule has 2 heterocycles. The van der Waals surface area contributed by atoms with Gasteiger partial charge in [0.1, 0.15) is 0 Å². The van der Waals surface area contributed by atoms with Crippen molar-refractivity contribution in [3.8, 4) is 0 Å². The molecule has 1 fully saturated rings. The van der Waals surface area contributed by atoms with Gasteiger partial charge < -0.3 is 4.90 Å². The Morgan fingerprint density at radius 2 is 1.88 bits per heavy atom. The van der Waals surface area contributed by atoms with Gasteiger partial charge in [-0.05, 0) is 38.3 Å². The molecule has 0 amide bonds. The Labute approximate surface area is 155 Å². The first-order valence-corrected chi connectivity index (χ1v) is 9.90. The Morgan fingerprint density at radius 1 is 1.12 bits per heavy atom. The summed E-state index contributed by atoms with van der Waals surface area (Å²) >= 11 is 0. The Kier molecular flexibility index (Phi) is 4.91. The molecule has 4 rings (SSSR count). The van der Waals surface area contributed by atoms with Crippen molar-refractivity contribution in [1.29, 1.82) is 0 Å². The van der Waals surface area contributed by atoms with Crippen LogP contribution in [0.5, 0.6) is 0 Å².